The Kier molecular flexibility index (Phi) is 3.89. The van der Waals surface area contributed by atoms with Gasteiger partial charge in [0, 0.05) is 31.7 Å². The van der Waals surface area contributed by atoms with Crippen molar-refractivity contribution in [1.29, 1.82) is 0 Å². The van der Waals surface area contributed by atoms with Gasteiger partial charge in [-0.25, -0.2) is 0 Å². The van der Waals surface area contributed by atoms with E-state index in [2.05, 4.69) is 32.6 Å². The minimum Gasteiger partial charge on any atom is -0.355 e. The molecule has 0 aromatic carbocycles. The largest absolute Gasteiger partial charge is 0.355 e. The summed E-state index contributed by atoms with van der Waals surface area (Å²) >= 11 is 0. The van der Waals surface area contributed by atoms with Gasteiger partial charge < -0.3 is 10.2 Å². The average molecular weight is 316 g/mol. The van der Waals surface area contributed by atoms with Crippen LogP contribution in [0.5, 0.6) is 0 Å². The zero-order valence-electron chi connectivity index (χ0n) is 13.2. The molecule has 2 amide bonds. The molecule has 1 atom stereocenters. The van der Waals surface area contributed by atoms with E-state index in [1.54, 1.807) is 24.2 Å². The van der Waals surface area contributed by atoms with Crippen LogP contribution in [-0.4, -0.2) is 57.2 Å². The standard InChI is InChI=1S/C15H20N6O2/c1-15(12-10(8-18-20-12)13(22)16-2)5-3-7-21(9-15)14(23)11-4-6-17-19-11/h4,6,8H,3,5,7,9H2,1-2H3,(H,16,22)(H,17,19)(H,18,20). The highest BCUT2D eigenvalue weighted by molar-refractivity contribution is 5.95. The van der Waals surface area contributed by atoms with Crippen LogP contribution in [-0.2, 0) is 5.41 Å². The molecule has 2 aromatic rings. The Bertz CT molecular complexity index is 707. The lowest BCUT2D eigenvalue weighted by Gasteiger charge is -2.40. The maximum absolute atomic E-state index is 12.5. The van der Waals surface area contributed by atoms with E-state index in [1.807, 2.05) is 0 Å². The van der Waals surface area contributed by atoms with Gasteiger partial charge in [-0.1, -0.05) is 6.92 Å². The number of nitrogens with one attached hydrogen (secondary N) is 3. The highest BCUT2D eigenvalue weighted by Gasteiger charge is 2.38. The zero-order valence-corrected chi connectivity index (χ0v) is 13.2. The van der Waals surface area contributed by atoms with Crippen molar-refractivity contribution in [3.8, 4) is 0 Å². The molecule has 8 heteroatoms. The molecule has 0 bridgehead atoms. The molecule has 1 fully saturated rings. The number of piperidine rings is 1. The molecular formula is C15H20N6O2. The van der Waals surface area contributed by atoms with Crippen LogP contribution in [0.4, 0.5) is 0 Å². The molecule has 0 radical (unpaired) electrons. The second-order valence-electron chi connectivity index (χ2n) is 6.10. The normalized spacial score (nSPS) is 21.2. The van der Waals surface area contributed by atoms with Gasteiger partial charge in [0.25, 0.3) is 11.8 Å². The summed E-state index contributed by atoms with van der Waals surface area (Å²) in [7, 11) is 1.59. The Balaban J connectivity index is 1.86. The van der Waals surface area contributed by atoms with Crippen LogP contribution in [0.1, 0.15) is 46.3 Å². The number of carbonyl (C=O) groups excluding carboxylic acids is 2. The Hall–Kier alpha value is -2.64. The smallest absolute Gasteiger partial charge is 0.271 e. The second-order valence-corrected chi connectivity index (χ2v) is 6.10. The number of rotatable bonds is 3. The van der Waals surface area contributed by atoms with Gasteiger partial charge in [0.15, 0.2) is 0 Å². The Morgan fingerprint density at radius 2 is 2.17 bits per heavy atom. The summed E-state index contributed by atoms with van der Waals surface area (Å²) in [5.74, 6) is -0.249. The number of hydrogen-bond donors (Lipinski definition) is 3. The molecule has 23 heavy (non-hydrogen) atoms. The molecule has 8 nitrogen and oxygen atoms in total. The van der Waals surface area contributed by atoms with Crippen LogP contribution in [0.2, 0.25) is 0 Å². The molecule has 1 unspecified atom stereocenters. The number of aromatic amines is 2. The minimum absolute atomic E-state index is 0.0746. The van der Waals surface area contributed by atoms with E-state index < -0.39 is 0 Å². The highest BCUT2D eigenvalue weighted by atomic mass is 16.2. The predicted molar refractivity (Wildman–Crippen MR) is 83.1 cm³/mol. The third kappa shape index (κ3) is 2.71. The van der Waals surface area contributed by atoms with Crippen LogP contribution in [0.15, 0.2) is 18.5 Å². The van der Waals surface area contributed by atoms with Crippen molar-refractivity contribution in [2.75, 3.05) is 20.1 Å². The first-order chi connectivity index (χ1) is 11.0. The first-order valence-electron chi connectivity index (χ1n) is 7.60. The maximum Gasteiger partial charge on any atom is 0.271 e. The summed E-state index contributed by atoms with van der Waals surface area (Å²) in [5, 5.41) is 16.2. The summed E-state index contributed by atoms with van der Waals surface area (Å²) in [6.45, 7) is 3.27. The fourth-order valence-corrected chi connectivity index (χ4v) is 3.22. The van der Waals surface area contributed by atoms with Crippen LogP contribution < -0.4 is 5.32 Å². The number of hydrogen-bond acceptors (Lipinski definition) is 4. The second kappa shape index (κ2) is 5.86. The van der Waals surface area contributed by atoms with Crippen LogP contribution in [0, 0.1) is 0 Å². The average Bonchev–Trinajstić information content (AvgIpc) is 3.24. The molecule has 0 saturated carbocycles. The Labute approximate surface area is 133 Å². The van der Waals surface area contributed by atoms with Crippen molar-refractivity contribution in [3.05, 3.63) is 35.4 Å². The quantitative estimate of drug-likeness (QED) is 0.774. The van der Waals surface area contributed by atoms with Crippen molar-refractivity contribution in [1.82, 2.24) is 30.6 Å². The van der Waals surface area contributed by atoms with Crippen molar-refractivity contribution in [2.24, 2.45) is 0 Å². The summed E-state index contributed by atoms with van der Waals surface area (Å²) in [6, 6.07) is 1.67. The van der Waals surface area contributed by atoms with Crippen LogP contribution >= 0.6 is 0 Å². The number of H-pyrrole nitrogens is 2. The maximum atomic E-state index is 12.5. The molecule has 3 heterocycles. The van der Waals surface area contributed by atoms with Gasteiger partial charge in [-0.15, -0.1) is 0 Å². The van der Waals surface area contributed by atoms with Crippen molar-refractivity contribution < 1.29 is 9.59 Å². The van der Waals surface area contributed by atoms with Crippen LogP contribution in [0.25, 0.3) is 0 Å². The monoisotopic (exact) mass is 316 g/mol. The lowest BCUT2D eigenvalue weighted by Crippen LogP contribution is -2.48. The van der Waals surface area contributed by atoms with E-state index in [0.29, 0.717) is 24.3 Å². The molecule has 0 spiro atoms. The van der Waals surface area contributed by atoms with Gasteiger partial charge in [0.2, 0.25) is 0 Å². The van der Waals surface area contributed by atoms with E-state index in [-0.39, 0.29) is 17.2 Å². The summed E-state index contributed by atoms with van der Waals surface area (Å²) < 4.78 is 0. The lowest BCUT2D eigenvalue weighted by atomic mass is 9.77. The van der Waals surface area contributed by atoms with Gasteiger partial charge in [-0.2, -0.15) is 10.2 Å². The third-order valence-electron chi connectivity index (χ3n) is 4.43. The van der Waals surface area contributed by atoms with E-state index >= 15 is 0 Å². The molecule has 1 aliphatic heterocycles. The Morgan fingerprint density at radius 1 is 1.35 bits per heavy atom. The van der Waals surface area contributed by atoms with Crippen molar-refractivity contribution in [3.63, 3.8) is 0 Å². The summed E-state index contributed by atoms with van der Waals surface area (Å²) in [5.41, 5.74) is 1.45. The van der Waals surface area contributed by atoms with Crippen LogP contribution in [0.3, 0.4) is 0 Å². The van der Waals surface area contributed by atoms with Crippen molar-refractivity contribution in [2.45, 2.75) is 25.2 Å². The number of nitrogens with zero attached hydrogens (tertiary/aromatic N) is 3. The number of aromatic nitrogens is 4. The minimum atomic E-state index is -0.341. The fourth-order valence-electron chi connectivity index (χ4n) is 3.22. The predicted octanol–water partition coefficient (Wildman–Crippen LogP) is 0.686. The Morgan fingerprint density at radius 3 is 2.87 bits per heavy atom. The molecular weight excluding hydrogens is 296 g/mol. The zero-order chi connectivity index (χ0) is 16.4. The molecule has 3 N–H and O–H groups in total. The fraction of sp³-hybridized carbons (Fsp3) is 0.467. The molecule has 1 aliphatic rings. The number of carbonyl (C=O) groups is 2. The first kappa shape index (κ1) is 15.3. The van der Waals surface area contributed by atoms with Gasteiger partial charge >= 0.3 is 0 Å². The van der Waals surface area contributed by atoms with Gasteiger partial charge in [-0.3, -0.25) is 19.8 Å². The molecule has 1 saturated heterocycles. The lowest BCUT2D eigenvalue weighted by molar-refractivity contribution is 0.0641. The first-order valence-corrected chi connectivity index (χ1v) is 7.60. The summed E-state index contributed by atoms with van der Waals surface area (Å²) in [6.07, 6.45) is 4.85. The third-order valence-corrected chi connectivity index (χ3v) is 4.43. The summed E-state index contributed by atoms with van der Waals surface area (Å²) in [4.78, 5) is 26.4. The van der Waals surface area contributed by atoms with E-state index in [0.717, 1.165) is 18.5 Å². The van der Waals surface area contributed by atoms with E-state index in [1.165, 1.54) is 6.20 Å². The number of amides is 2. The highest BCUT2D eigenvalue weighted by Crippen LogP contribution is 2.34. The van der Waals surface area contributed by atoms with Crippen molar-refractivity contribution >= 4 is 11.8 Å². The van der Waals surface area contributed by atoms with E-state index in [9.17, 15) is 9.59 Å². The van der Waals surface area contributed by atoms with Gasteiger partial charge in [0.1, 0.15) is 5.69 Å². The number of likely N-dealkylation sites (tertiary alicyclic amines) is 1. The van der Waals surface area contributed by atoms with Gasteiger partial charge in [0.05, 0.1) is 17.5 Å². The molecule has 3 rings (SSSR count). The van der Waals surface area contributed by atoms with E-state index in [4.69, 9.17) is 0 Å². The molecule has 0 aliphatic carbocycles. The molecule has 2 aromatic heterocycles. The van der Waals surface area contributed by atoms with Gasteiger partial charge in [-0.05, 0) is 18.9 Å². The topological polar surface area (TPSA) is 107 Å². The SMILES string of the molecule is CNC(=O)c1cn[nH]c1C1(C)CCCN(C(=O)c2ccn[nH]2)C1. The molecule has 122 valence electrons.